The minimum Gasteiger partial charge on any atom is -0.395 e. The molecule has 0 spiro atoms. The van der Waals surface area contributed by atoms with Crippen LogP contribution >= 0.6 is 0 Å². The van der Waals surface area contributed by atoms with Gasteiger partial charge in [0.25, 0.3) is 0 Å². The second-order valence-corrected chi connectivity index (χ2v) is 9.11. The largest absolute Gasteiger partial charge is 0.395 e. The summed E-state index contributed by atoms with van der Waals surface area (Å²) in [6, 6.07) is 13.0. The van der Waals surface area contributed by atoms with Crippen LogP contribution < -0.4 is 0 Å². The molecular formula is C19H26O2Si. The number of hydrogen-bond donors (Lipinski definition) is 0. The van der Waals surface area contributed by atoms with E-state index in [9.17, 15) is 0 Å². The van der Waals surface area contributed by atoms with E-state index in [-0.39, 0.29) is 0 Å². The zero-order valence-electron chi connectivity index (χ0n) is 14.1. The summed E-state index contributed by atoms with van der Waals surface area (Å²) in [4.78, 5) is 0. The number of benzene rings is 2. The van der Waals surface area contributed by atoms with Crippen LogP contribution in [-0.4, -0.2) is 21.8 Å². The Morgan fingerprint density at radius 2 is 1.59 bits per heavy atom. The average Bonchev–Trinajstić information content (AvgIpc) is 2.49. The van der Waals surface area contributed by atoms with Gasteiger partial charge < -0.3 is 8.85 Å². The Bertz CT molecular complexity index is 634. The summed E-state index contributed by atoms with van der Waals surface area (Å²) in [5.41, 5.74) is 2.81. The van der Waals surface area contributed by atoms with Crippen LogP contribution in [0.1, 0.15) is 25.0 Å². The van der Waals surface area contributed by atoms with Gasteiger partial charge in [0, 0.05) is 13.2 Å². The van der Waals surface area contributed by atoms with Crippen molar-refractivity contribution in [3.63, 3.8) is 0 Å². The van der Waals surface area contributed by atoms with E-state index in [1.54, 1.807) is 0 Å². The third-order valence-electron chi connectivity index (χ3n) is 3.64. The van der Waals surface area contributed by atoms with Crippen molar-refractivity contribution in [3.8, 4) is 0 Å². The van der Waals surface area contributed by atoms with E-state index in [0.717, 1.165) is 19.6 Å². The van der Waals surface area contributed by atoms with Gasteiger partial charge in [0.05, 0.1) is 0 Å². The third-order valence-corrected chi connectivity index (χ3v) is 5.61. The highest BCUT2D eigenvalue weighted by atomic mass is 28.4. The third kappa shape index (κ3) is 4.29. The van der Waals surface area contributed by atoms with Crippen molar-refractivity contribution < 1.29 is 8.85 Å². The van der Waals surface area contributed by atoms with E-state index in [0.29, 0.717) is 0 Å². The molecule has 118 valence electrons. The highest BCUT2D eigenvalue weighted by molar-refractivity contribution is 6.64. The van der Waals surface area contributed by atoms with Crippen molar-refractivity contribution in [1.29, 1.82) is 0 Å². The normalized spacial score (nSPS) is 12.9. The highest BCUT2D eigenvalue weighted by Crippen LogP contribution is 2.27. The van der Waals surface area contributed by atoms with Crippen molar-refractivity contribution in [3.05, 3.63) is 53.6 Å². The molecule has 0 saturated carbocycles. The van der Waals surface area contributed by atoms with Crippen molar-refractivity contribution in [2.45, 2.75) is 33.4 Å². The van der Waals surface area contributed by atoms with Crippen LogP contribution in [0.3, 0.4) is 0 Å². The summed E-state index contributed by atoms with van der Waals surface area (Å²) in [6.45, 7) is 9.62. The SMILES string of the molecule is C1=Cc2cccc3cccc(c23)C1.CCO[Si](C)(C)OCC. The number of allylic oxidation sites excluding steroid dienone is 1. The predicted octanol–water partition coefficient (Wildman–Crippen LogP) is 5.17. The Hall–Kier alpha value is -1.42. The van der Waals surface area contributed by atoms with Gasteiger partial charge in [-0.2, -0.15) is 0 Å². The van der Waals surface area contributed by atoms with Crippen molar-refractivity contribution in [2.75, 3.05) is 13.2 Å². The number of rotatable bonds is 4. The summed E-state index contributed by atoms with van der Waals surface area (Å²) in [7, 11) is -1.70. The minimum absolute atomic E-state index is 0.763. The Morgan fingerprint density at radius 1 is 0.955 bits per heavy atom. The first-order chi connectivity index (χ1) is 10.6. The van der Waals surface area contributed by atoms with E-state index in [1.807, 2.05) is 13.8 Å². The molecule has 0 bridgehead atoms. The zero-order valence-corrected chi connectivity index (χ0v) is 15.1. The molecule has 0 atom stereocenters. The summed E-state index contributed by atoms with van der Waals surface area (Å²) < 4.78 is 10.8. The molecule has 0 saturated heterocycles. The lowest BCUT2D eigenvalue weighted by atomic mass is 9.93. The van der Waals surface area contributed by atoms with Crippen LogP contribution in [0.4, 0.5) is 0 Å². The lowest BCUT2D eigenvalue weighted by Gasteiger charge is -2.20. The zero-order chi connectivity index (χ0) is 16.0. The van der Waals surface area contributed by atoms with E-state index in [4.69, 9.17) is 8.85 Å². The lowest BCUT2D eigenvalue weighted by molar-refractivity contribution is 0.196. The van der Waals surface area contributed by atoms with E-state index < -0.39 is 8.56 Å². The smallest absolute Gasteiger partial charge is 0.331 e. The molecule has 0 amide bonds. The molecule has 0 aliphatic heterocycles. The molecule has 3 heteroatoms. The Morgan fingerprint density at radius 3 is 2.23 bits per heavy atom. The van der Waals surface area contributed by atoms with Gasteiger partial charge in [0.1, 0.15) is 0 Å². The Balaban J connectivity index is 0.000000175. The quantitative estimate of drug-likeness (QED) is 0.725. The molecule has 2 aromatic rings. The van der Waals surface area contributed by atoms with Crippen LogP contribution in [0.2, 0.25) is 13.1 Å². The van der Waals surface area contributed by atoms with Gasteiger partial charge in [-0.3, -0.25) is 0 Å². The topological polar surface area (TPSA) is 18.5 Å². The maximum Gasteiger partial charge on any atom is 0.331 e. The first kappa shape index (κ1) is 16.9. The highest BCUT2D eigenvalue weighted by Gasteiger charge is 2.22. The maximum atomic E-state index is 5.39. The van der Waals surface area contributed by atoms with Crippen LogP contribution in [0.5, 0.6) is 0 Å². The van der Waals surface area contributed by atoms with Gasteiger partial charge >= 0.3 is 8.56 Å². The molecule has 3 rings (SSSR count). The maximum absolute atomic E-state index is 5.39. The predicted molar refractivity (Wildman–Crippen MR) is 97.4 cm³/mol. The Kier molecular flexibility index (Phi) is 5.95. The van der Waals surface area contributed by atoms with E-state index in [1.165, 1.54) is 21.9 Å². The molecule has 0 unspecified atom stereocenters. The van der Waals surface area contributed by atoms with Gasteiger partial charge in [0.2, 0.25) is 0 Å². The molecule has 1 aliphatic rings. The molecule has 1 aliphatic carbocycles. The van der Waals surface area contributed by atoms with Crippen LogP contribution in [-0.2, 0) is 15.3 Å². The molecule has 0 N–H and O–H groups in total. The van der Waals surface area contributed by atoms with Crippen LogP contribution in [0.25, 0.3) is 16.8 Å². The standard InChI is InChI=1S/C13H10.C6H16O2Si/c1-4-10-6-2-8-12-9-3-7-11(5-1)13(10)12;1-5-7-9(3,4)8-6-2/h1-8H,9H2;5-6H2,1-4H3. The van der Waals surface area contributed by atoms with Gasteiger partial charge in [-0.1, -0.05) is 48.6 Å². The summed E-state index contributed by atoms with van der Waals surface area (Å²) >= 11 is 0. The van der Waals surface area contributed by atoms with E-state index in [2.05, 4.69) is 61.6 Å². The molecule has 0 heterocycles. The molecule has 0 radical (unpaired) electrons. The molecule has 2 aromatic carbocycles. The monoisotopic (exact) mass is 314 g/mol. The number of hydrogen-bond acceptors (Lipinski definition) is 2. The van der Waals surface area contributed by atoms with Gasteiger partial charge in [-0.25, -0.2) is 0 Å². The van der Waals surface area contributed by atoms with Crippen LogP contribution in [0, 0.1) is 0 Å². The van der Waals surface area contributed by atoms with Crippen molar-refractivity contribution >= 4 is 25.4 Å². The molecule has 0 fully saturated rings. The molecule has 2 nitrogen and oxygen atoms in total. The summed E-state index contributed by atoms with van der Waals surface area (Å²) in [6.07, 6.45) is 5.53. The summed E-state index contributed by atoms with van der Waals surface area (Å²) in [5.74, 6) is 0. The van der Waals surface area contributed by atoms with Gasteiger partial charge in [0.15, 0.2) is 0 Å². The first-order valence-electron chi connectivity index (χ1n) is 8.02. The molecule has 22 heavy (non-hydrogen) atoms. The second kappa shape index (κ2) is 7.72. The molecular weight excluding hydrogens is 288 g/mol. The summed E-state index contributed by atoms with van der Waals surface area (Å²) in [5, 5.41) is 2.80. The Labute approximate surface area is 135 Å². The average molecular weight is 315 g/mol. The van der Waals surface area contributed by atoms with Crippen molar-refractivity contribution in [1.82, 2.24) is 0 Å². The second-order valence-electron chi connectivity index (χ2n) is 5.73. The fourth-order valence-electron chi connectivity index (χ4n) is 2.81. The van der Waals surface area contributed by atoms with E-state index >= 15 is 0 Å². The van der Waals surface area contributed by atoms with Crippen molar-refractivity contribution in [2.24, 2.45) is 0 Å². The van der Waals surface area contributed by atoms with Gasteiger partial charge in [-0.15, -0.1) is 0 Å². The fraction of sp³-hybridized carbons (Fsp3) is 0.368. The van der Waals surface area contributed by atoms with Gasteiger partial charge in [-0.05, 0) is 55.3 Å². The van der Waals surface area contributed by atoms with Crippen LogP contribution in [0.15, 0.2) is 42.5 Å². The lowest BCUT2D eigenvalue weighted by Crippen LogP contribution is -2.34. The fourth-order valence-corrected chi connectivity index (χ4v) is 4.28. The minimum atomic E-state index is -1.70. The first-order valence-corrected chi connectivity index (χ1v) is 10.8. The molecule has 0 aromatic heterocycles.